The maximum absolute atomic E-state index is 6.21. The van der Waals surface area contributed by atoms with E-state index in [1.165, 1.54) is 16.7 Å². The number of aryl methyl sites for hydroxylation is 1. The van der Waals surface area contributed by atoms with Crippen LogP contribution >= 0.6 is 11.9 Å². The van der Waals surface area contributed by atoms with Gasteiger partial charge in [-0.2, -0.15) is 0 Å². The summed E-state index contributed by atoms with van der Waals surface area (Å²) in [6, 6.07) is 19.3. The molecule has 1 N–H and O–H groups in total. The summed E-state index contributed by atoms with van der Waals surface area (Å²) >= 11 is 1.77. The molecule has 25 heavy (non-hydrogen) atoms. The first-order valence-electron chi connectivity index (χ1n) is 9.07. The van der Waals surface area contributed by atoms with Gasteiger partial charge in [-0.1, -0.05) is 73.5 Å². The monoisotopic (exact) mass is 357 g/mol. The number of rotatable bonds is 8. The van der Waals surface area contributed by atoms with Crippen molar-refractivity contribution < 1.29 is 4.74 Å². The molecular weight excluding hydrogens is 326 g/mol. The van der Waals surface area contributed by atoms with Crippen LogP contribution in [0.25, 0.3) is 0 Å². The minimum atomic E-state index is 0.0714. The zero-order valence-electron chi connectivity index (χ0n) is 16.1. The van der Waals surface area contributed by atoms with Crippen LogP contribution in [0.3, 0.4) is 0 Å². The molecule has 0 saturated heterocycles. The lowest BCUT2D eigenvalue weighted by atomic mass is 10.00. The Hall–Kier alpha value is -1.29. The Bertz CT molecular complexity index is 636. The highest BCUT2D eigenvalue weighted by atomic mass is 32.2. The minimum absolute atomic E-state index is 0.0714. The fraction of sp³-hybridized carbons (Fsp3) is 0.455. The number of ether oxygens (including phenoxy) is 1. The summed E-state index contributed by atoms with van der Waals surface area (Å²) in [5.74, 6) is 0. The Labute approximate surface area is 157 Å². The van der Waals surface area contributed by atoms with E-state index in [9.17, 15) is 0 Å². The first kappa shape index (κ1) is 20.0. The van der Waals surface area contributed by atoms with Crippen molar-refractivity contribution in [1.82, 2.24) is 4.72 Å². The molecule has 136 valence electrons. The van der Waals surface area contributed by atoms with E-state index in [1.807, 2.05) is 6.07 Å². The average molecular weight is 358 g/mol. The molecule has 0 heterocycles. The van der Waals surface area contributed by atoms with Crippen LogP contribution in [-0.4, -0.2) is 10.9 Å². The zero-order chi connectivity index (χ0) is 18.3. The van der Waals surface area contributed by atoms with Crippen LogP contribution in [0, 0.1) is 0 Å². The third-order valence-electron chi connectivity index (χ3n) is 4.04. The molecule has 0 bridgehead atoms. The molecule has 0 amide bonds. The minimum Gasteiger partial charge on any atom is -0.372 e. The third-order valence-corrected chi connectivity index (χ3v) is 5.02. The second-order valence-corrected chi connectivity index (χ2v) is 9.07. The summed E-state index contributed by atoms with van der Waals surface area (Å²) in [5, 5.41) is 0. The Morgan fingerprint density at radius 3 is 2.32 bits per heavy atom. The first-order valence-corrected chi connectivity index (χ1v) is 9.88. The Morgan fingerprint density at radius 2 is 1.68 bits per heavy atom. The maximum Gasteiger partial charge on any atom is 0.0754 e. The molecule has 0 aliphatic heterocycles. The van der Waals surface area contributed by atoms with E-state index in [2.05, 4.69) is 87.9 Å². The van der Waals surface area contributed by atoms with Gasteiger partial charge < -0.3 is 4.74 Å². The van der Waals surface area contributed by atoms with Crippen LogP contribution in [0.15, 0.2) is 54.6 Å². The second kappa shape index (κ2) is 9.42. The van der Waals surface area contributed by atoms with Gasteiger partial charge in [0.2, 0.25) is 0 Å². The standard InChI is InChI=1S/C22H31NOS/c1-6-18-13-10-14-20(15-18)21(23-25-22(3,4)5)17(2)24-16-19-11-8-7-9-12-19/h7-15,17,21,23H,6,16H2,1-5H3/t17-,21+/m0/s1. The van der Waals surface area contributed by atoms with E-state index in [0.29, 0.717) is 6.61 Å². The Balaban J connectivity index is 2.11. The van der Waals surface area contributed by atoms with Gasteiger partial charge in [0.1, 0.15) is 0 Å². The van der Waals surface area contributed by atoms with Crippen LogP contribution in [0.5, 0.6) is 0 Å². The molecule has 0 aromatic heterocycles. The van der Waals surface area contributed by atoms with E-state index in [0.717, 1.165) is 6.42 Å². The predicted octanol–water partition coefficient (Wildman–Crippen LogP) is 5.93. The molecule has 2 rings (SSSR count). The maximum atomic E-state index is 6.21. The normalized spacial score (nSPS) is 14.3. The van der Waals surface area contributed by atoms with Gasteiger partial charge in [0.25, 0.3) is 0 Å². The fourth-order valence-corrected chi connectivity index (χ4v) is 3.39. The van der Waals surface area contributed by atoms with Crippen molar-refractivity contribution >= 4 is 11.9 Å². The molecule has 2 aromatic carbocycles. The van der Waals surface area contributed by atoms with Crippen molar-refractivity contribution in [1.29, 1.82) is 0 Å². The molecule has 0 fully saturated rings. The second-order valence-electron chi connectivity index (χ2n) is 7.41. The quantitative estimate of drug-likeness (QED) is 0.591. The number of hydrogen-bond donors (Lipinski definition) is 1. The van der Waals surface area contributed by atoms with Gasteiger partial charge in [0, 0.05) is 4.75 Å². The number of nitrogens with one attached hydrogen (secondary N) is 1. The number of hydrogen-bond acceptors (Lipinski definition) is 3. The Kier molecular flexibility index (Phi) is 7.55. The largest absolute Gasteiger partial charge is 0.372 e. The molecule has 0 aliphatic rings. The van der Waals surface area contributed by atoms with Gasteiger partial charge in [-0.05, 0) is 50.8 Å². The van der Waals surface area contributed by atoms with Crippen molar-refractivity contribution in [2.24, 2.45) is 0 Å². The highest BCUT2D eigenvalue weighted by molar-refractivity contribution is 7.98. The van der Waals surface area contributed by atoms with Crippen LogP contribution < -0.4 is 4.72 Å². The van der Waals surface area contributed by atoms with Crippen molar-refractivity contribution in [2.75, 3.05) is 0 Å². The molecule has 2 atom stereocenters. The van der Waals surface area contributed by atoms with E-state index < -0.39 is 0 Å². The van der Waals surface area contributed by atoms with Crippen molar-refractivity contribution in [3.05, 3.63) is 71.3 Å². The first-order chi connectivity index (χ1) is 11.9. The van der Waals surface area contributed by atoms with Gasteiger partial charge in [-0.3, -0.25) is 4.72 Å². The lowest BCUT2D eigenvalue weighted by Gasteiger charge is -2.29. The van der Waals surface area contributed by atoms with Crippen molar-refractivity contribution in [2.45, 2.75) is 64.5 Å². The molecule has 2 nitrogen and oxygen atoms in total. The van der Waals surface area contributed by atoms with Gasteiger partial charge in [-0.15, -0.1) is 0 Å². The smallest absolute Gasteiger partial charge is 0.0754 e. The zero-order valence-corrected chi connectivity index (χ0v) is 16.9. The lowest BCUT2D eigenvalue weighted by molar-refractivity contribution is 0.0324. The van der Waals surface area contributed by atoms with Crippen molar-refractivity contribution in [3.8, 4) is 0 Å². The summed E-state index contributed by atoms with van der Waals surface area (Å²) in [6.45, 7) is 11.6. The average Bonchev–Trinajstić information content (AvgIpc) is 2.60. The Morgan fingerprint density at radius 1 is 1.00 bits per heavy atom. The SMILES string of the molecule is CCc1cccc([C@H](NSC(C)(C)C)[C@H](C)OCc2ccccc2)c1. The molecule has 3 heteroatoms. The van der Waals surface area contributed by atoms with Crippen LogP contribution in [0.4, 0.5) is 0 Å². The highest BCUT2D eigenvalue weighted by Gasteiger charge is 2.23. The molecular formula is C22H31NOS. The van der Waals surface area contributed by atoms with Gasteiger partial charge in [0.15, 0.2) is 0 Å². The van der Waals surface area contributed by atoms with Crippen LogP contribution in [0.2, 0.25) is 0 Å². The summed E-state index contributed by atoms with van der Waals surface area (Å²) in [5.41, 5.74) is 3.86. The van der Waals surface area contributed by atoms with E-state index in [-0.39, 0.29) is 16.9 Å². The molecule has 0 saturated carbocycles. The molecule has 0 spiro atoms. The van der Waals surface area contributed by atoms with E-state index in [4.69, 9.17) is 4.74 Å². The van der Waals surface area contributed by atoms with E-state index >= 15 is 0 Å². The topological polar surface area (TPSA) is 21.3 Å². The van der Waals surface area contributed by atoms with E-state index in [1.54, 1.807) is 11.9 Å². The lowest BCUT2D eigenvalue weighted by Crippen LogP contribution is -2.31. The summed E-state index contributed by atoms with van der Waals surface area (Å²) in [7, 11) is 0. The van der Waals surface area contributed by atoms with Crippen LogP contribution in [0.1, 0.15) is 57.4 Å². The molecule has 0 unspecified atom stereocenters. The van der Waals surface area contributed by atoms with Gasteiger partial charge in [0.05, 0.1) is 18.8 Å². The van der Waals surface area contributed by atoms with Crippen molar-refractivity contribution in [3.63, 3.8) is 0 Å². The molecule has 0 radical (unpaired) electrons. The van der Waals surface area contributed by atoms with Crippen LogP contribution in [-0.2, 0) is 17.8 Å². The fourth-order valence-electron chi connectivity index (χ4n) is 2.58. The summed E-state index contributed by atoms with van der Waals surface area (Å²) < 4.78 is 10.0. The highest BCUT2D eigenvalue weighted by Crippen LogP contribution is 2.28. The third kappa shape index (κ3) is 6.85. The molecule has 0 aliphatic carbocycles. The van der Waals surface area contributed by atoms with Gasteiger partial charge >= 0.3 is 0 Å². The molecule has 2 aromatic rings. The summed E-state index contributed by atoms with van der Waals surface area (Å²) in [6.07, 6.45) is 1.12. The van der Waals surface area contributed by atoms with Gasteiger partial charge in [-0.25, -0.2) is 0 Å². The predicted molar refractivity (Wildman–Crippen MR) is 110 cm³/mol. The number of benzene rings is 2. The summed E-state index contributed by atoms with van der Waals surface area (Å²) in [4.78, 5) is 0.